The van der Waals surface area contributed by atoms with Gasteiger partial charge in [-0.3, -0.25) is 4.79 Å². The third-order valence-corrected chi connectivity index (χ3v) is 5.40. The molecule has 2 aromatic rings. The van der Waals surface area contributed by atoms with Crippen molar-refractivity contribution in [3.05, 3.63) is 35.1 Å². The fourth-order valence-electron chi connectivity index (χ4n) is 3.93. The van der Waals surface area contributed by atoms with Crippen molar-refractivity contribution in [2.75, 3.05) is 25.0 Å². The molecule has 0 spiro atoms. The molecule has 3 heterocycles. The van der Waals surface area contributed by atoms with E-state index in [1.807, 2.05) is 11.9 Å². The van der Waals surface area contributed by atoms with E-state index in [1.165, 1.54) is 17.5 Å². The summed E-state index contributed by atoms with van der Waals surface area (Å²) in [7, 11) is 1.87. The van der Waals surface area contributed by atoms with E-state index < -0.39 is 0 Å². The van der Waals surface area contributed by atoms with Crippen LogP contribution in [0.1, 0.15) is 46.6 Å². The smallest absolute Gasteiger partial charge is 0.259 e. The maximum absolute atomic E-state index is 12.7. The molecule has 0 bridgehead atoms. The number of anilines is 1. The van der Waals surface area contributed by atoms with Crippen molar-refractivity contribution in [1.29, 1.82) is 0 Å². The van der Waals surface area contributed by atoms with Gasteiger partial charge >= 0.3 is 0 Å². The van der Waals surface area contributed by atoms with Gasteiger partial charge in [-0.15, -0.1) is 0 Å². The van der Waals surface area contributed by atoms with E-state index in [9.17, 15) is 4.79 Å². The van der Waals surface area contributed by atoms with Gasteiger partial charge in [0.15, 0.2) is 0 Å². The molecule has 0 radical (unpaired) electrons. The van der Waals surface area contributed by atoms with E-state index in [-0.39, 0.29) is 11.9 Å². The average Bonchev–Trinajstić information content (AvgIpc) is 3.29. The number of aromatic nitrogens is 3. The van der Waals surface area contributed by atoms with Gasteiger partial charge in [0, 0.05) is 37.4 Å². The topological polar surface area (TPSA) is 75.4 Å². The van der Waals surface area contributed by atoms with Gasteiger partial charge in [0.1, 0.15) is 24.0 Å². The zero-order chi connectivity index (χ0) is 17.4. The van der Waals surface area contributed by atoms with Gasteiger partial charge in [-0.2, -0.15) is 0 Å². The number of amides is 1. The number of likely N-dealkylation sites (N-methyl/N-ethyl adjacent to an activating group) is 1. The molecule has 2 aromatic heterocycles. The molecule has 7 nitrogen and oxygen atoms in total. The Morgan fingerprint density at radius 3 is 3.00 bits per heavy atom. The SMILES string of the molecule is Cc1nocc1C(=O)N(C)C1CCCN(c2ncnc3c2CCC3)C1. The summed E-state index contributed by atoms with van der Waals surface area (Å²) in [6.07, 6.45) is 8.42. The molecular formula is C18H23N5O2. The molecule has 1 amide bonds. The van der Waals surface area contributed by atoms with E-state index in [0.717, 1.165) is 51.0 Å². The molecule has 25 heavy (non-hydrogen) atoms. The van der Waals surface area contributed by atoms with Crippen molar-refractivity contribution in [1.82, 2.24) is 20.0 Å². The van der Waals surface area contributed by atoms with E-state index in [4.69, 9.17) is 4.52 Å². The second kappa shape index (κ2) is 6.46. The molecule has 1 aliphatic carbocycles. The second-order valence-electron chi connectivity index (χ2n) is 6.95. The second-order valence-corrected chi connectivity index (χ2v) is 6.95. The van der Waals surface area contributed by atoms with Gasteiger partial charge in [-0.25, -0.2) is 9.97 Å². The molecule has 4 rings (SSSR count). The van der Waals surface area contributed by atoms with Gasteiger partial charge in [0.2, 0.25) is 0 Å². The summed E-state index contributed by atoms with van der Waals surface area (Å²) >= 11 is 0. The van der Waals surface area contributed by atoms with Gasteiger partial charge in [0.05, 0.1) is 5.69 Å². The van der Waals surface area contributed by atoms with Crippen LogP contribution in [-0.2, 0) is 12.8 Å². The molecule has 0 N–H and O–H groups in total. The van der Waals surface area contributed by atoms with Crippen LogP contribution >= 0.6 is 0 Å². The summed E-state index contributed by atoms with van der Waals surface area (Å²) in [6, 6.07) is 0.155. The van der Waals surface area contributed by atoms with Crippen LogP contribution < -0.4 is 4.90 Å². The number of hydrogen-bond acceptors (Lipinski definition) is 6. The third-order valence-electron chi connectivity index (χ3n) is 5.40. The normalized spacial score (nSPS) is 19.8. The number of carbonyl (C=O) groups is 1. The number of fused-ring (bicyclic) bond motifs is 1. The molecule has 1 atom stereocenters. The Bertz CT molecular complexity index is 788. The summed E-state index contributed by atoms with van der Waals surface area (Å²) in [6.45, 7) is 3.58. The van der Waals surface area contributed by atoms with Gasteiger partial charge in [-0.1, -0.05) is 5.16 Å². The molecule has 7 heteroatoms. The Kier molecular flexibility index (Phi) is 4.15. The maximum atomic E-state index is 12.7. The Hall–Kier alpha value is -2.44. The van der Waals surface area contributed by atoms with Crippen molar-refractivity contribution >= 4 is 11.7 Å². The highest BCUT2D eigenvalue weighted by atomic mass is 16.5. The highest BCUT2D eigenvalue weighted by Crippen LogP contribution is 2.30. The molecule has 1 saturated heterocycles. The Labute approximate surface area is 147 Å². The fourth-order valence-corrected chi connectivity index (χ4v) is 3.93. The predicted octanol–water partition coefficient (Wildman–Crippen LogP) is 2.00. The first-order valence-corrected chi connectivity index (χ1v) is 8.91. The average molecular weight is 341 g/mol. The van der Waals surface area contributed by atoms with E-state index in [1.54, 1.807) is 13.3 Å². The number of hydrogen-bond donors (Lipinski definition) is 0. The van der Waals surface area contributed by atoms with Crippen LogP contribution in [0.5, 0.6) is 0 Å². The predicted molar refractivity (Wildman–Crippen MR) is 92.6 cm³/mol. The molecule has 132 valence electrons. The van der Waals surface area contributed by atoms with Crippen LogP contribution in [0.2, 0.25) is 0 Å². The van der Waals surface area contributed by atoms with Crippen LogP contribution in [0.4, 0.5) is 5.82 Å². The molecule has 1 fully saturated rings. The Morgan fingerprint density at radius 2 is 2.20 bits per heavy atom. The minimum absolute atomic E-state index is 0.0292. The van der Waals surface area contributed by atoms with Crippen LogP contribution in [0.25, 0.3) is 0 Å². The molecule has 2 aliphatic rings. The Morgan fingerprint density at radius 1 is 1.32 bits per heavy atom. The van der Waals surface area contributed by atoms with Crippen molar-refractivity contribution in [3.63, 3.8) is 0 Å². The summed E-state index contributed by atoms with van der Waals surface area (Å²) in [5.41, 5.74) is 3.67. The summed E-state index contributed by atoms with van der Waals surface area (Å²) < 4.78 is 4.92. The molecule has 0 saturated carbocycles. The monoisotopic (exact) mass is 341 g/mol. The van der Waals surface area contributed by atoms with E-state index >= 15 is 0 Å². The molecular weight excluding hydrogens is 318 g/mol. The highest BCUT2D eigenvalue weighted by molar-refractivity contribution is 5.94. The van der Waals surface area contributed by atoms with Gasteiger partial charge in [-0.05, 0) is 39.0 Å². The summed E-state index contributed by atoms with van der Waals surface area (Å²) in [4.78, 5) is 25.9. The van der Waals surface area contributed by atoms with Gasteiger partial charge in [0.25, 0.3) is 5.91 Å². The van der Waals surface area contributed by atoms with Crippen LogP contribution in [0.15, 0.2) is 17.1 Å². The van der Waals surface area contributed by atoms with Crippen molar-refractivity contribution < 1.29 is 9.32 Å². The number of nitrogens with zero attached hydrogens (tertiary/aromatic N) is 5. The maximum Gasteiger partial charge on any atom is 0.259 e. The zero-order valence-corrected chi connectivity index (χ0v) is 14.7. The van der Waals surface area contributed by atoms with Gasteiger partial charge < -0.3 is 14.3 Å². The van der Waals surface area contributed by atoms with Crippen molar-refractivity contribution in [2.24, 2.45) is 0 Å². The molecule has 1 aliphatic heterocycles. The fraction of sp³-hybridized carbons (Fsp3) is 0.556. The van der Waals surface area contributed by atoms with Crippen molar-refractivity contribution in [3.8, 4) is 0 Å². The molecule has 1 unspecified atom stereocenters. The number of piperidine rings is 1. The third kappa shape index (κ3) is 2.88. The van der Waals surface area contributed by atoms with Crippen LogP contribution in [-0.4, -0.2) is 52.1 Å². The zero-order valence-electron chi connectivity index (χ0n) is 14.7. The van der Waals surface area contributed by atoms with E-state index in [0.29, 0.717) is 11.3 Å². The summed E-state index contributed by atoms with van der Waals surface area (Å²) in [5.74, 6) is 1.03. The highest BCUT2D eigenvalue weighted by Gasteiger charge is 2.30. The first kappa shape index (κ1) is 16.1. The lowest BCUT2D eigenvalue weighted by molar-refractivity contribution is 0.0716. The molecule has 0 aromatic carbocycles. The van der Waals surface area contributed by atoms with Crippen molar-refractivity contribution in [2.45, 2.75) is 45.1 Å². The lowest BCUT2D eigenvalue weighted by Crippen LogP contribution is -2.49. The lowest BCUT2D eigenvalue weighted by atomic mass is 10.0. The quantitative estimate of drug-likeness (QED) is 0.850. The minimum atomic E-state index is -0.0292. The Balaban J connectivity index is 1.53. The van der Waals surface area contributed by atoms with E-state index in [2.05, 4.69) is 20.0 Å². The first-order chi connectivity index (χ1) is 12.1. The summed E-state index contributed by atoms with van der Waals surface area (Å²) in [5, 5.41) is 3.82. The standard InChI is InChI=1S/C18H23N5O2/c1-12-15(10-25-21-12)18(24)22(2)13-5-4-8-23(9-13)17-14-6-3-7-16(14)19-11-20-17/h10-11,13H,3-9H2,1-2H3. The number of aryl methyl sites for hydroxylation is 2. The lowest BCUT2D eigenvalue weighted by Gasteiger charge is -2.38. The minimum Gasteiger partial charge on any atom is -0.364 e. The van der Waals surface area contributed by atoms with Crippen LogP contribution in [0.3, 0.4) is 0 Å². The number of carbonyl (C=O) groups excluding carboxylic acids is 1. The first-order valence-electron chi connectivity index (χ1n) is 8.91. The largest absolute Gasteiger partial charge is 0.364 e. The van der Waals surface area contributed by atoms with Crippen LogP contribution in [0, 0.1) is 6.92 Å². The number of rotatable bonds is 3.